The van der Waals surface area contributed by atoms with Crippen LogP contribution in [0.2, 0.25) is 5.02 Å². The number of hydrogen-bond acceptors (Lipinski definition) is 3. The summed E-state index contributed by atoms with van der Waals surface area (Å²) in [6.45, 7) is 2.05. The summed E-state index contributed by atoms with van der Waals surface area (Å²) < 4.78 is 0. The van der Waals surface area contributed by atoms with Gasteiger partial charge in [-0.25, -0.2) is 0 Å². The second-order valence-electron chi connectivity index (χ2n) is 4.88. The SMILES string of the molecule is Cc1cc(Cl)ccc1NCN1C(=O)c2ccccc2C1=O. The van der Waals surface area contributed by atoms with Crippen LogP contribution >= 0.6 is 11.6 Å². The quantitative estimate of drug-likeness (QED) is 0.885. The first kappa shape index (κ1) is 13.6. The Morgan fingerprint density at radius 3 is 2.24 bits per heavy atom. The molecule has 0 atom stereocenters. The van der Waals surface area contributed by atoms with Crippen molar-refractivity contribution in [1.29, 1.82) is 0 Å². The lowest BCUT2D eigenvalue weighted by atomic mass is 10.1. The third kappa shape index (κ3) is 2.38. The van der Waals surface area contributed by atoms with Gasteiger partial charge in [-0.05, 0) is 42.8 Å². The minimum Gasteiger partial charge on any atom is -0.367 e. The van der Waals surface area contributed by atoms with Crippen LogP contribution < -0.4 is 5.32 Å². The molecule has 0 spiro atoms. The fraction of sp³-hybridized carbons (Fsp3) is 0.125. The van der Waals surface area contributed by atoms with Crippen molar-refractivity contribution in [1.82, 2.24) is 4.90 Å². The van der Waals surface area contributed by atoms with Crippen molar-refractivity contribution in [3.63, 3.8) is 0 Å². The zero-order chi connectivity index (χ0) is 15.0. The number of fused-ring (bicyclic) bond motifs is 1. The van der Waals surface area contributed by atoms with Gasteiger partial charge < -0.3 is 5.32 Å². The number of carbonyl (C=O) groups is 2. The molecule has 106 valence electrons. The van der Waals surface area contributed by atoms with Crippen LogP contribution in [-0.2, 0) is 0 Å². The molecule has 0 unspecified atom stereocenters. The average Bonchev–Trinajstić information content (AvgIpc) is 2.71. The maximum Gasteiger partial charge on any atom is 0.263 e. The lowest BCUT2D eigenvalue weighted by molar-refractivity contribution is 0.0666. The van der Waals surface area contributed by atoms with Crippen LogP contribution in [0.25, 0.3) is 0 Å². The largest absolute Gasteiger partial charge is 0.367 e. The molecule has 0 radical (unpaired) electrons. The molecule has 1 aliphatic rings. The van der Waals surface area contributed by atoms with Crippen LogP contribution in [0.1, 0.15) is 26.3 Å². The zero-order valence-electron chi connectivity index (χ0n) is 11.4. The standard InChI is InChI=1S/C16H13ClN2O2/c1-10-8-11(17)6-7-14(10)18-9-19-15(20)12-4-2-3-5-13(12)16(19)21/h2-8,18H,9H2,1H3. The molecule has 2 aromatic rings. The van der Waals surface area contributed by atoms with Gasteiger partial charge in [-0.15, -0.1) is 0 Å². The van der Waals surface area contributed by atoms with Gasteiger partial charge in [0.1, 0.15) is 0 Å². The summed E-state index contributed by atoms with van der Waals surface area (Å²) in [5.74, 6) is -0.538. The molecule has 5 heteroatoms. The predicted molar refractivity (Wildman–Crippen MR) is 81.6 cm³/mol. The van der Waals surface area contributed by atoms with Gasteiger partial charge in [0.15, 0.2) is 0 Å². The molecule has 0 saturated carbocycles. The second kappa shape index (κ2) is 5.22. The van der Waals surface area contributed by atoms with E-state index in [9.17, 15) is 9.59 Å². The van der Waals surface area contributed by atoms with Crippen LogP contribution in [0, 0.1) is 6.92 Å². The Labute approximate surface area is 127 Å². The average molecular weight is 301 g/mol. The van der Waals surface area contributed by atoms with Crippen LogP contribution in [0.15, 0.2) is 42.5 Å². The van der Waals surface area contributed by atoms with Gasteiger partial charge in [0.05, 0.1) is 17.8 Å². The molecule has 2 amide bonds. The number of nitrogens with one attached hydrogen (secondary N) is 1. The number of halogens is 1. The molecule has 0 fully saturated rings. The number of nitrogens with zero attached hydrogens (tertiary/aromatic N) is 1. The van der Waals surface area contributed by atoms with Gasteiger partial charge in [0.2, 0.25) is 0 Å². The number of carbonyl (C=O) groups excluding carboxylic acids is 2. The highest BCUT2D eigenvalue weighted by Crippen LogP contribution is 2.24. The van der Waals surface area contributed by atoms with Crippen LogP contribution in [0.5, 0.6) is 0 Å². The first-order valence-electron chi connectivity index (χ1n) is 6.53. The Kier molecular flexibility index (Phi) is 3.39. The van der Waals surface area contributed by atoms with Gasteiger partial charge in [-0.1, -0.05) is 23.7 Å². The molecule has 21 heavy (non-hydrogen) atoms. The number of imide groups is 1. The number of benzene rings is 2. The Morgan fingerprint density at radius 1 is 1.05 bits per heavy atom. The molecular formula is C16H13ClN2O2. The van der Waals surface area contributed by atoms with E-state index in [0.29, 0.717) is 16.1 Å². The van der Waals surface area contributed by atoms with Gasteiger partial charge in [-0.2, -0.15) is 0 Å². The highest BCUT2D eigenvalue weighted by molar-refractivity contribution is 6.30. The zero-order valence-corrected chi connectivity index (χ0v) is 12.1. The molecule has 0 bridgehead atoms. The molecule has 4 nitrogen and oxygen atoms in total. The summed E-state index contributed by atoms with van der Waals surface area (Å²) >= 11 is 5.91. The van der Waals surface area contributed by atoms with Crippen molar-refractivity contribution < 1.29 is 9.59 Å². The van der Waals surface area contributed by atoms with Crippen molar-refractivity contribution in [3.05, 3.63) is 64.2 Å². The summed E-state index contributed by atoms with van der Waals surface area (Å²) in [5.41, 5.74) is 2.71. The molecule has 3 rings (SSSR count). The first-order chi connectivity index (χ1) is 10.1. The van der Waals surface area contributed by atoms with Gasteiger partial charge in [0, 0.05) is 10.7 Å². The summed E-state index contributed by atoms with van der Waals surface area (Å²) in [6.07, 6.45) is 0. The van der Waals surface area contributed by atoms with E-state index in [-0.39, 0.29) is 18.5 Å². The summed E-state index contributed by atoms with van der Waals surface area (Å²) in [4.78, 5) is 25.6. The van der Waals surface area contributed by atoms with E-state index in [1.807, 2.05) is 19.1 Å². The maximum absolute atomic E-state index is 12.2. The van der Waals surface area contributed by atoms with Crippen molar-refractivity contribution in [2.24, 2.45) is 0 Å². The number of aryl methyl sites for hydroxylation is 1. The van der Waals surface area contributed by atoms with Crippen molar-refractivity contribution >= 4 is 29.1 Å². The summed E-state index contributed by atoms with van der Waals surface area (Å²) in [6, 6.07) is 12.3. The summed E-state index contributed by atoms with van der Waals surface area (Å²) in [5, 5.41) is 3.76. The molecule has 1 N–H and O–H groups in total. The van der Waals surface area contributed by atoms with E-state index < -0.39 is 0 Å². The van der Waals surface area contributed by atoms with Crippen LogP contribution in [-0.4, -0.2) is 23.4 Å². The van der Waals surface area contributed by atoms with Crippen molar-refractivity contribution in [3.8, 4) is 0 Å². The Hall–Kier alpha value is -2.33. The predicted octanol–water partition coefficient (Wildman–Crippen LogP) is 3.31. The monoisotopic (exact) mass is 300 g/mol. The number of anilines is 1. The van der Waals surface area contributed by atoms with E-state index in [1.54, 1.807) is 30.3 Å². The fourth-order valence-electron chi connectivity index (χ4n) is 2.37. The van der Waals surface area contributed by atoms with Gasteiger partial charge in [0.25, 0.3) is 11.8 Å². The Balaban J connectivity index is 1.78. The molecular weight excluding hydrogens is 288 g/mol. The third-order valence-corrected chi connectivity index (χ3v) is 3.73. The lowest BCUT2D eigenvalue weighted by Crippen LogP contribution is -2.34. The van der Waals surface area contributed by atoms with E-state index in [4.69, 9.17) is 11.6 Å². The normalized spacial score (nSPS) is 13.5. The number of amides is 2. The molecule has 1 heterocycles. The van der Waals surface area contributed by atoms with E-state index >= 15 is 0 Å². The molecule has 1 aliphatic heterocycles. The highest BCUT2D eigenvalue weighted by Gasteiger charge is 2.34. The van der Waals surface area contributed by atoms with Crippen LogP contribution in [0.3, 0.4) is 0 Å². The van der Waals surface area contributed by atoms with Crippen molar-refractivity contribution in [2.75, 3.05) is 12.0 Å². The molecule has 0 saturated heterocycles. The minimum atomic E-state index is -0.269. The third-order valence-electron chi connectivity index (χ3n) is 3.49. The second-order valence-corrected chi connectivity index (χ2v) is 5.31. The number of rotatable bonds is 3. The summed E-state index contributed by atoms with van der Waals surface area (Å²) in [7, 11) is 0. The first-order valence-corrected chi connectivity index (χ1v) is 6.91. The molecule has 0 aromatic heterocycles. The lowest BCUT2D eigenvalue weighted by Gasteiger charge is -2.17. The van der Waals surface area contributed by atoms with E-state index in [2.05, 4.69) is 5.32 Å². The topological polar surface area (TPSA) is 49.4 Å². The smallest absolute Gasteiger partial charge is 0.263 e. The molecule has 2 aromatic carbocycles. The maximum atomic E-state index is 12.2. The minimum absolute atomic E-state index is 0.134. The number of hydrogen-bond donors (Lipinski definition) is 1. The van der Waals surface area contributed by atoms with Crippen molar-refractivity contribution in [2.45, 2.75) is 6.92 Å². The molecule has 0 aliphatic carbocycles. The van der Waals surface area contributed by atoms with E-state index in [0.717, 1.165) is 11.3 Å². The Bertz CT molecular complexity index is 708. The fourth-order valence-corrected chi connectivity index (χ4v) is 2.60. The highest BCUT2D eigenvalue weighted by atomic mass is 35.5. The van der Waals surface area contributed by atoms with E-state index in [1.165, 1.54) is 4.90 Å². The van der Waals surface area contributed by atoms with Gasteiger partial charge >= 0.3 is 0 Å². The Morgan fingerprint density at radius 2 is 1.67 bits per heavy atom. The van der Waals surface area contributed by atoms with Gasteiger partial charge in [-0.3, -0.25) is 14.5 Å². The van der Waals surface area contributed by atoms with Crippen LogP contribution in [0.4, 0.5) is 5.69 Å².